The summed E-state index contributed by atoms with van der Waals surface area (Å²) in [6.45, 7) is 7.74. The third-order valence-electron chi connectivity index (χ3n) is 3.16. The topological polar surface area (TPSA) is 64.4 Å². The van der Waals surface area contributed by atoms with Gasteiger partial charge < -0.3 is 10.1 Å². The fraction of sp³-hybridized carbons (Fsp3) is 0.571. The number of methoxy groups -OCH3 is 1. The summed E-state index contributed by atoms with van der Waals surface area (Å²) in [4.78, 5) is 10.3. The first-order chi connectivity index (χ1) is 8.85. The quantitative estimate of drug-likeness (QED) is 0.607. The van der Waals surface area contributed by atoms with Gasteiger partial charge in [-0.15, -0.1) is 0 Å². The number of aryl methyl sites for hydroxylation is 1. The molecule has 0 aromatic heterocycles. The van der Waals surface area contributed by atoms with Crippen molar-refractivity contribution in [3.8, 4) is 0 Å². The van der Waals surface area contributed by atoms with E-state index in [2.05, 4.69) is 19.2 Å². The fourth-order valence-corrected chi connectivity index (χ4v) is 1.76. The van der Waals surface area contributed by atoms with Gasteiger partial charge in [0.05, 0.1) is 4.92 Å². The van der Waals surface area contributed by atoms with Crippen LogP contribution in [0.3, 0.4) is 0 Å². The second kappa shape index (κ2) is 6.52. The third-order valence-corrected chi connectivity index (χ3v) is 3.16. The molecule has 19 heavy (non-hydrogen) atoms. The maximum atomic E-state index is 10.7. The molecule has 0 fully saturated rings. The molecular weight excluding hydrogens is 244 g/mol. The van der Waals surface area contributed by atoms with Crippen molar-refractivity contribution in [3.63, 3.8) is 0 Å². The Kier molecular flexibility index (Phi) is 5.30. The highest BCUT2D eigenvalue weighted by Gasteiger charge is 2.18. The molecule has 0 aliphatic carbocycles. The molecule has 0 aliphatic rings. The van der Waals surface area contributed by atoms with Gasteiger partial charge in [0.15, 0.2) is 0 Å². The molecule has 5 nitrogen and oxygen atoms in total. The Bertz CT molecular complexity index is 444. The average Bonchev–Trinajstić information content (AvgIpc) is 2.35. The highest BCUT2D eigenvalue weighted by molar-refractivity contribution is 5.55. The lowest BCUT2D eigenvalue weighted by atomic mass is 9.89. The number of nitro benzene ring substituents is 1. The minimum absolute atomic E-state index is 0.115. The van der Waals surface area contributed by atoms with E-state index in [1.165, 1.54) is 6.07 Å². The standard InChI is InChI=1S/C14H22N2O3/c1-11-9-12(16(17)18)5-6-13(11)15-10-14(2,3)7-8-19-4/h5-6,9,15H,7-8,10H2,1-4H3. The molecule has 0 radical (unpaired) electrons. The molecule has 0 unspecified atom stereocenters. The number of benzene rings is 1. The Morgan fingerprint density at radius 3 is 2.63 bits per heavy atom. The van der Waals surface area contributed by atoms with E-state index in [0.29, 0.717) is 0 Å². The molecule has 0 bridgehead atoms. The van der Waals surface area contributed by atoms with Crippen LogP contribution in [0.4, 0.5) is 11.4 Å². The highest BCUT2D eigenvalue weighted by atomic mass is 16.6. The summed E-state index contributed by atoms with van der Waals surface area (Å²) in [6, 6.07) is 4.88. The molecule has 0 amide bonds. The maximum absolute atomic E-state index is 10.7. The number of nitrogens with one attached hydrogen (secondary N) is 1. The van der Waals surface area contributed by atoms with Gasteiger partial charge in [0.25, 0.3) is 5.69 Å². The number of rotatable bonds is 7. The van der Waals surface area contributed by atoms with Crippen LogP contribution in [0, 0.1) is 22.5 Å². The average molecular weight is 266 g/mol. The molecule has 106 valence electrons. The zero-order valence-electron chi connectivity index (χ0n) is 12.0. The molecule has 0 spiro atoms. The number of anilines is 1. The van der Waals surface area contributed by atoms with Crippen molar-refractivity contribution in [3.05, 3.63) is 33.9 Å². The summed E-state index contributed by atoms with van der Waals surface area (Å²) in [5.41, 5.74) is 2.07. The number of nitrogens with zero attached hydrogens (tertiary/aromatic N) is 1. The van der Waals surface area contributed by atoms with E-state index in [9.17, 15) is 10.1 Å². The lowest BCUT2D eigenvalue weighted by molar-refractivity contribution is -0.384. The SMILES string of the molecule is COCCC(C)(C)CNc1ccc([N+](=O)[O-])cc1C. The van der Waals surface area contributed by atoms with Crippen molar-refractivity contribution >= 4 is 11.4 Å². The summed E-state index contributed by atoms with van der Waals surface area (Å²) >= 11 is 0. The lowest BCUT2D eigenvalue weighted by Crippen LogP contribution is -2.24. The second-order valence-electron chi connectivity index (χ2n) is 5.52. The van der Waals surface area contributed by atoms with E-state index in [4.69, 9.17) is 4.74 Å². The Morgan fingerprint density at radius 1 is 1.42 bits per heavy atom. The van der Waals surface area contributed by atoms with Crippen molar-refractivity contribution < 1.29 is 9.66 Å². The van der Waals surface area contributed by atoms with Gasteiger partial charge in [0, 0.05) is 38.1 Å². The van der Waals surface area contributed by atoms with E-state index in [-0.39, 0.29) is 16.0 Å². The third kappa shape index (κ3) is 4.87. The Morgan fingerprint density at radius 2 is 2.11 bits per heavy atom. The molecule has 0 aliphatic heterocycles. The summed E-state index contributed by atoms with van der Waals surface area (Å²) in [5, 5.41) is 14.0. The van der Waals surface area contributed by atoms with Gasteiger partial charge in [-0.25, -0.2) is 0 Å². The Hall–Kier alpha value is -1.62. The second-order valence-corrected chi connectivity index (χ2v) is 5.52. The van der Waals surface area contributed by atoms with E-state index in [1.54, 1.807) is 19.2 Å². The lowest BCUT2D eigenvalue weighted by Gasteiger charge is -2.25. The summed E-state index contributed by atoms with van der Waals surface area (Å²) < 4.78 is 5.09. The van der Waals surface area contributed by atoms with Crippen LogP contribution in [0.5, 0.6) is 0 Å². The molecule has 1 aromatic rings. The predicted octanol–water partition coefficient (Wildman–Crippen LogP) is 3.38. The monoisotopic (exact) mass is 266 g/mol. The molecule has 0 saturated heterocycles. The van der Waals surface area contributed by atoms with Crippen LogP contribution in [0.25, 0.3) is 0 Å². The number of non-ortho nitro benzene ring substituents is 1. The number of hydrogen-bond donors (Lipinski definition) is 1. The largest absolute Gasteiger partial charge is 0.385 e. The normalized spacial score (nSPS) is 11.4. The molecule has 1 aromatic carbocycles. The summed E-state index contributed by atoms with van der Waals surface area (Å²) in [5.74, 6) is 0. The first-order valence-electron chi connectivity index (χ1n) is 6.33. The van der Waals surface area contributed by atoms with Crippen molar-refractivity contribution in [2.45, 2.75) is 27.2 Å². The summed E-state index contributed by atoms with van der Waals surface area (Å²) in [6.07, 6.45) is 0.961. The zero-order valence-corrected chi connectivity index (χ0v) is 12.0. The van der Waals surface area contributed by atoms with Crippen LogP contribution in [0.1, 0.15) is 25.8 Å². The van der Waals surface area contributed by atoms with Crippen molar-refractivity contribution in [2.24, 2.45) is 5.41 Å². The van der Waals surface area contributed by atoms with Crippen LogP contribution in [-0.4, -0.2) is 25.2 Å². The van der Waals surface area contributed by atoms with Gasteiger partial charge in [-0.1, -0.05) is 13.8 Å². The first kappa shape index (κ1) is 15.4. The number of nitro groups is 1. The van der Waals surface area contributed by atoms with Crippen molar-refractivity contribution in [2.75, 3.05) is 25.6 Å². The maximum Gasteiger partial charge on any atom is 0.269 e. The van der Waals surface area contributed by atoms with Gasteiger partial charge in [-0.2, -0.15) is 0 Å². The summed E-state index contributed by atoms with van der Waals surface area (Å²) in [7, 11) is 1.70. The Labute approximate surface area is 114 Å². The van der Waals surface area contributed by atoms with Gasteiger partial charge in [-0.05, 0) is 30.4 Å². The minimum Gasteiger partial charge on any atom is -0.385 e. The van der Waals surface area contributed by atoms with Crippen LogP contribution in [-0.2, 0) is 4.74 Å². The van der Waals surface area contributed by atoms with Crippen LogP contribution >= 0.6 is 0 Å². The smallest absolute Gasteiger partial charge is 0.269 e. The van der Waals surface area contributed by atoms with Crippen molar-refractivity contribution in [1.82, 2.24) is 0 Å². The Balaban J connectivity index is 2.65. The fourth-order valence-electron chi connectivity index (χ4n) is 1.76. The molecule has 1 rings (SSSR count). The zero-order chi connectivity index (χ0) is 14.5. The molecule has 0 atom stereocenters. The minimum atomic E-state index is -0.376. The van der Waals surface area contributed by atoms with E-state index in [1.807, 2.05) is 6.92 Å². The molecule has 5 heteroatoms. The molecular formula is C14H22N2O3. The molecule has 1 N–H and O–H groups in total. The van der Waals surface area contributed by atoms with Gasteiger partial charge in [0.1, 0.15) is 0 Å². The number of hydrogen-bond acceptors (Lipinski definition) is 4. The molecule has 0 heterocycles. The first-order valence-corrected chi connectivity index (χ1v) is 6.33. The highest BCUT2D eigenvalue weighted by Crippen LogP contribution is 2.25. The van der Waals surface area contributed by atoms with Crippen molar-refractivity contribution in [1.29, 1.82) is 0 Å². The van der Waals surface area contributed by atoms with E-state index >= 15 is 0 Å². The van der Waals surface area contributed by atoms with Crippen LogP contribution < -0.4 is 5.32 Å². The van der Waals surface area contributed by atoms with Crippen LogP contribution in [0.2, 0.25) is 0 Å². The predicted molar refractivity (Wildman–Crippen MR) is 76.6 cm³/mol. The number of ether oxygens (including phenoxy) is 1. The van der Waals surface area contributed by atoms with Gasteiger partial charge >= 0.3 is 0 Å². The van der Waals surface area contributed by atoms with Gasteiger partial charge in [-0.3, -0.25) is 10.1 Å². The molecule has 0 saturated carbocycles. The van der Waals surface area contributed by atoms with Crippen LogP contribution in [0.15, 0.2) is 18.2 Å². The van der Waals surface area contributed by atoms with E-state index in [0.717, 1.165) is 30.8 Å². The van der Waals surface area contributed by atoms with Gasteiger partial charge in [0.2, 0.25) is 0 Å². The van der Waals surface area contributed by atoms with E-state index < -0.39 is 0 Å².